The average molecular weight is 219 g/mol. The van der Waals surface area contributed by atoms with Crippen molar-refractivity contribution in [3.63, 3.8) is 0 Å². The van der Waals surface area contributed by atoms with Crippen LogP contribution in [-0.4, -0.2) is 30.0 Å². The van der Waals surface area contributed by atoms with Crippen molar-refractivity contribution in [1.82, 2.24) is 9.88 Å². The van der Waals surface area contributed by atoms with Crippen LogP contribution in [0.3, 0.4) is 0 Å². The molecule has 3 nitrogen and oxygen atoms in total. The van der Waals surface area contributed by atoms with Gasteiger partial charge in [-0.05, 0) is 57.5 Å². The second-order valence-electron chi connectivity index (χ2n) is 4.58. The van der Waals surface area contributed by atoms with Crippen molar-refractivity contribution in [3.05, 3.63) is 29.6 Å². The van der Waals surface area contributed by atoms with Crippen LogP contribution in [0.2, 0.25) is 0 Å². The number of nitrogens with zero attached hydrogens (tertiary/aromatic N) is 2. The maximum absolute atomic E-state index is 5.56. The molecule has 0 spiro atoms. The van der Waals surface area contributed by atoms with E-state index in [9.17, 15) is 0 Å². The van der Waals surface area contributed by atoms with Crippen LogP contribution >= 0.6 is 0 Å². The molecule has 1 unspecified atom stereocenters. The van der Waals surface area contributed by atoms with E-state index in [0.717, 1.165) is 19.5 Å². The van der Waals surface area contributed by atoms with E-state index in [1.54, 1.807) is 0 Å². The van der Waals surface area contributed by atoms with Crippen LogP contribution in [0.25, 0.3) is 0 Å². The van der Waals surface area contributed by atoms with Gasteiger partial charge in [-0.2, -0.15) is 0 Å². The minimum absolute atomic E-state index is 0.497. The van der Waals surface area contributed by atoms with Gasteiger partial charge in [0.2, 0.25) is 0 Å². The fourth-order valence-corrected chi connectivity index (χ4v) is 2.51. The monoisotopic (exact) mass is 219 g/mol. The van der Waals surface area contributed by atoms with E-state index in [1.165, 1.54) is 30.5 Å². The van der Waals surface area contributed by atoms with Crippen LogP contribution in [0.5, 0.6) is 0 Å². The smallest absolute Gasteiger partial charge is 0.0607 e. The standard InChI is InChI=1S/C13H21N3/c1-16(10-4-8-14)12-7-2-5-11-6-3-9-15-13(11)12/h3,6,9,12H,2,4-5,7-8,10,14H2,1H3. The highest BCUT2D eigenvalue weighted by Gasteiger charge is 2.24. The predicted octanol–water partition coefficient (Wildman–Crippen LogP) is 1.74. The van der Waals surface area contributed by atoms with Gasteiger partial charge in [-0.15, -0.1) is 0 Å². The number of rotatable bonds is 4. The highest BCUT2D eigenvalue weighted by atomic mass is 15.1. The Hall–Kier alpha value is -0.930. The summed E-state index contributed by atoms with van der Waals surface area (Å²) < 4.78 is 0. The van der Waals surface area contributed by atoms with Gasteiger partial charge in [0.25, 0.3) is 0 Å². The molecule has 88 valence electrons. The number of hydrogen-bond acceptors (Lipinski definition) is 3. The van der Waals surface area contributed by atoms with Gasteiger partial charge in [0.05, 0.1) is 11.7 Å². The number of aryl methyl sites for hydroxylation is 1. The molecule has 1 aliphatic carbocycles. The van der Waals surface area contributed by atoms with Crippen molar-refractivity contribution < 1.29 is 0 Å². The molecule has 0 aliphatic heterocycles. The molecular weight excluding hydrogens is 198 g/mol. The predicted molar refractivity (Wildman–Crippen MR) is 66.2 cm³/mol. The van der Waals surface area contributed by atoms with Crippen molar-refractivity contribution in [2.75, 3.05) is 20.1 Å². The van der Waals surface area contributed by atoms with Crippen molar-refractivity contribution in [2.45, 2.75) is 31.7 Å². The first-order valence-corrected chi connectivity index (χ1v) is 6.17. The second-order valence-corrected chi connectivity index (χ2v) is 4.58. The lowest BCUT2D eigenvalue weighted by molar-refractivity contribution is 0.215. The number of aromatic nitrogens is 1. The second kappa shape index (κ2) is 5.41. The molecule has 1 aromatic heterocycles. The molecule has 0 bridgehead atoms. The Morgan fingerprint density at radius 3 is 3.25 bits per heavy atom. The van der Waals surface area contributed by atoms with E-state index in [4.69, 9.17) is 5.73 Å². The Morgan fingerprint density at radius 2 is 2.44 bits per heavy atom. The Bertz CT molecular complexity index is 338. The highest BCUT2D eigenvalue weighted by molar-refractivity contribution is 5.25. The summed E-state index contributed by atoms with van der Waals surface area (Å²) in [6.45, 7) is 1.84. The number of nitrogens with two attached hydrogens (primary N) is 1. The third-order valence-corrected chi connectivity index (χ3v) is 3.41. The van der Waals surface area contributed by atoms with Gasteiger partial charge in [-0.1, -0.05) is 6.07 Å². The first-order valence-electron chi connectivity index (χ1n) is 6.17. The molecule has 0 fully saturated rings. The fourth-order valence-electron chi connectivity index (χ4n) is 2.51. The molecule has 0 saturated heterocycles. The molecular formula is C13H21N3. The van der Waals surface area contributed by atoms with E-state index < -0.39 is 0 Å². The van der Waals surface area contributed by atoms with Crippen molar-refractivity contribution >= 4 is 0 Å². The highest BCUT2D eigenvalue weighted by Crippen LogP contribution is 2.31. The number of fused-ring (bicyclic) bond motifs is 1. The zero-order valence-electron chi connectivity index (χ0n) is 10.0. The fraction of sp³-hybridized carbons (Fsp3) is 0.615. The molecule has 0 radical (unpaired) electrons. The van der Waals surface area contributed by atoms with Crippen LogP contribution in [-0.2, 0) is 6.42 Å². The lowest BCUT2D eigenvalue weighted by Crippen LogP contribution is -2.30. The Kier molecular flexibility index (Phi) is 3.91. The van der Waals surface area contributed by atoms with Crippen LogP contribution in [0.15, 0.2) is 18.3 Å². The molecule has 0 saturated carbocycles. The molecule has 1 heterocycles. The molecule has 1 atom stereocenters. The average Bonchev–Trinajstić information content (AvgIpc) is 2.35. The Balaban J connectivity index is 2.12. The van der Waals surface area contributed by atoms with Crippen LogP contribution in [0.1, 0.15) is 36.6 Å². The third kappa shape index (κ3) is 2.42. The molecule has 1 aromatic rings. The van der Waals surface area contributed by atoms with E-state index in [2.05, 4.69) is 23.0 Å². The SMILES string of the molecule is CN(CCCN)C1CCCc2cccnc21. The molecule has 16 heavy (non-hydrogen) atoms. The van der Waals surface area contributed by atoms with Gasteiger partial charge in [-0.25, -0.2) is 0 Å². The van der Waals surface area contributed by atoms with Crippen molar-refractivity contribution in [2.24, 2.45) is 5.73 Å². The minimum atomic E-state index is 0.497. The summed E-state index contributed by atoms with van der Waals surface area (Å²) in [7, 11) is 2.18. The molecule has 2 N–H and O–H groups in total. The zero-order chi connectivity index (χ0) is 11.4. The van der Waals surface area contributed by atoms with Gasteiger partial charge in [0, 0.05) is 6.20 Å². The zero-order valence-corrected chi connectivity index (χ0v) is 10.0. The van der Waals surface area contributed by atoms with Gasteiger partial charge in [0.15, 0.2) is 0 Å². The van der Waals surface area contributed by atoms with Crippen LogP contribution in [0, 0.1) is 0 Å². The third-order valence-electron chi connectivity index (χ3n) is 3.41. The molecule has 0 amide bonds. The van der Waals surface area contributed by atoms with E-state index >= 15 is 0 Å². The first kappa shape index (κ1) is 11.6. The molecule has 2 rings (SSSR count). The maximum atomic E-state index is 5.56. The van der Waals surface area contributed by atoms with Crippen LogP contribution in [0.4, 0.5) is 0 Å². The summed E-state index contributed by atoms with van der Waals surface area (Å²) in [6.07, 6.45) is 6.66. The van der Waals surface area contributed by atoms with Gasteiger partial charge >= 0.3 is 0 Å². The topological polar surface area (TPSA) is 42.1 Å². The molecule has 1 aliphatic rings. The Morgan fingerprint density at radius 1 is 1.56 bits per heavy atom. The van der Waals surface area contributed by atoms with Gasteiger partial charge < -0.3 is 5.73 Å². The minimum Gasteiger partial charge on any atom is -0.330 e. The summed E-state index contributed by atoms with van der Waals surface area (Å²) in [5.74, 6) is 0. The normalized spacial score (nSPS) is 19.8. The van der Waals surface area contributed by atoms with E-state index in [-0.39, 0.29) is 0 Å². The number of pyridine rings is 1. The lowest BCUT2D eigenvalue weighted by atomic mass is 9.91. The Labute approximate surface area is 97.7 Å². The summed E-state index contributed by atoms with van der Waals surface area (Å²) in [5.41, 5.74) is 8.27. The summed E-state index contributed by atoms with van der Waals surface area (Å²) >= 11 is 0. The van der Waals surface area contributed by atoms with Gasteiger partial charge in [-0.3, -0.25) is 9.88 Å². The van der Waals surface area contributed by atoms with E-state index in [1.807, 2.05) is 12.3 Å². The quantitative estimate of drug-likeness (QED) is 0.838. The summed E-state index contributed by atoms with van der Waals surface area (Å²) in [5, 5.41) is 0. The van der Waals surface area contributed by atoms with Gasteiger partial charge in [0.1, 0.15) is 0 Å². The first-order chi connectivity index (χ1) is 7.83. The van der Waals surface area contributed by atoms with Crippen LogP contribution < -0.4 is 5.73 Å². The number of hydrogen-bond donors (Lipinski definition) is 1. The molecule has 3 heteroatoms. The summed E-state index contributed by atoms with van der Waals surface area (Å²) in [4.78, 5) is 6.96. The maximum Gasteiger partial charge on any atom is 0.0607 e. The van der Waals surface area contributed by atoms with Crippen molar-refractivity contribution in [3.8, 4) is 0 Å². The largest absolute Gasteiger partial charge is 0.330 e. The van der Waals surface area contributed by atoms with E-state index in [0.29, 0.717) is 6.04 Å². The molecule has 0 aromatic carbocycles. The van der Waals surface area contributed by atoms with Crippen molar-refractivity contribution in [1.29, 1.82) is 0 Å². The summed E-state index contributed by atoms with van der Waals surface area (Å²) in [6, 6.07) is 4.75. The lowest BCUT2D eigenvalue weighted by Gasteiger charge is -2.32.